The van der Waals surface area contributed by atoms with E-state index in [1.807, 2.05) is 13.8 Å². The van der Waals surface area contributed by atoms with Gasteiger partial charge in [0.25, 0.3) is 5.56 Å². The Hall–Kier alpha value is -1.58. The molecule has 4 heteroatoms. The van der Waals surface area contributed by atoms with E-state index in [9.17, 15) is 9.59 Å². The first-order chi connectivity index (χ1) is 7.10. The average molecular weight is 208 g/mol. The highest BCUT2D eigenvalue weighted by Crippen LogP contribution is 1.96. The maximum atomic E-state index is 11.8. The minimum Gasteiger partial charge on any atom is -0.301 e. The Bertz CT molecular complexity index is 468. The molecule has 0 saturated heterocycles. The van der Waals surface area contributed by atoms with Gasteiger partial charge in [-0.2, -0.15) is 0 Å². The molecule has 0 saturated carbocycles. The quantitative estimate of drug-likeness (QED) is 0.693. The van der Waals surface area contributed by atoms with E-state index in [-0.39, 0.29) is 11.2 Å². The van der Waals surface area contributed by atoms with Crippen LogP contribution in [0.1, 0.15) is 20.3 Å². The van der Waals surface area contributed by atoms with E-state index < -0.39 is 0 Å². The molecule has 0 spiro atoms. The van der Waals surface area contributed by atoms with Crippen molar-refractivity contribution in [1.29, 1.82) is 0 Å². The number of allylic oxidation sites excluding steroid dienone is 1. The molecule has 0 unspecified atom stereocenters. The van der Waals surface area contributed by atoms with Crippen LogP contribution in [0.5, 0.6) is 0 Å². The molecular formula is C11H16N2O2. The molecule has 0 aliphatic heterocycles. The summed E-state index contributed by atoms with van der Waals surface area (Å²) in [6.07, 6.45) is 2.29. The van der Waals surface area contributed by atoms with Crippen LogP contribution in [0.25, 0.3) is 0 Å². The Morgan fingerprint density at radius 2 is 2.07 bits per heavy atom. The zero-order chi connectivity index (χ0) is 11.4. The predicted octanol–water partition coefficient (Wildman–Crippen LogP) is 0.996. The largest absolute Gasteiger partial charge is 0.331 e. The van der Waals surface area contributed by atoms with Crippen molar-refractivity contribution in [3.8, 4) is 0 Å². The van der Waals surface area contributed by atoms with Gasteiger partial charge in [0, 0.05) is 18.8 Å². The number of rotatable bonds is 4. The highest BCUT2D eigenvalue weighted by atomic mass is 16.2. The van der Waals surface area contributed by atoms with E-state index >= 15 is 0 Å². The summed E-state index contributed by atoms with van der Waals surface area (Å²) in [4.78, 5) is 23.2. The van der Waals surface area contributed by atoms with Crippen LogP contribution < -0.4 is 11.2 Å². The van der Waals surface area contributed by atoms with Crippen molar-refractivity contribution in [2.24, 2.45) is 0 Å². The second kappa shape index (κ2) is 4.77. The van der Waals surface area contributed by atoms with Gasteiger partial charge in [0.05, 0.1) is 6.54 Å². The highest BCUT2D eigenvalue weighted by Gasteiger charge is 2.04. The first-order valence-electron chi connectivity index (χ1n) is 5.07. The van der Waals surface area contributed by atoms with Gasteiger partial charge >= 0.3 is 5.69 Å². The minimum atomic E-state index is -0.265. The summed E-state index contributed by atoms with van der Waals surface area (Å²) in [6.45, 7) is 8.50. The van der Waals surface area contributed by atoms with Crippen LogP contribution >= 0.6 is 0 Å². The van der Waals surface area contributed by atoms with Crippen LogP contribution in [0, 0.1) is 0 Å². The third kappa shape index (κ3) is 2.46. The van der Waals surface area contributed by atoms with Gasteiger partial charge in [0.1, 0.15) is 0 Å². The lowest BCUT2D eigenvalue weighted by atomic mass is 10.2. The molecule has 15 heavy (non-hydrogen) atoms. The fraction of sp³-hybridized carbons (Fsp3) is 0.455. The molecule has 4 nitrogen and oxygen atoms in total. The molecule has 0 radical (unpaired) electrons. The molecule has 1 rings (SSSR count). The lowest BCUT2D eigenvalue weighted by molar-refractivity contribution is 0.591. The molecule has 0 aliphatic rings. The summed E-state index contributed by atoms with van der Waals surface area (Å²) in [6, 6.07) is 1.41. The molecule has 1 aromatic heterocycles. The van der Waals surface area contributed by atoms with E-state index in [4.69, 9.17) is 0 Å². The maximum Gasteiger partial charge on any atom is 0.331 e. The summed E-state index contributed by atoms with van der Waals surface area (Å²) < 4.78 is 2.72. The Morgan fingerprint density at radius 1 is 1.40 bits per heavy atom. The Labute approximate surface area is 88.5 Å². The van der Waals surface area contributed by atoms with E-state index in [2.05, 4.69) is 6.58 Å². The summed E-state index contributed by atoms with van der Waals surface area (Å²) >= 11 is 0. The number of hydrogen-bond acceptors (Lipinski definition) is 2. The van der Waals surface area contributed by atoms with Gasteiger partial charge in [0.15, 0.2) is 0 Å². The molecule has 0 atom stereocenters. The Morgan fingerprint density at radius 3 is 2.60 bits per heavy atom. The van der Waals surface area contributed by atoms with E-state index in [1.165, 1.54) is 21.4 Å². The predicted molar refractivity (Wildman–Crippen MR) is 60.1 cm³/mol. The van der Waals surface area contributed by atoms with E-state index in [0.717, 1.165) is 12.0 Å². The van der Waals surface area contributed by atoms with Crippen molar-refractivity contribution >= 4 is 0 Å². The molecule has 0 amide bonds. The second-order valence-corrected chi connectivity index (χ2v) is 3.41. The summed E-state index contributed by atoms with van der Waals surface area (Å²) in [7, 11) is 0. The fourth-order valence-corrected chi connectivity index (χ4v) is 1.28. The molecule has 0 N–H and O–H groups in total. The van der Waals surface area contributed by atoms with E-state index in [0.29, 0.717) is 13.1 Å². The maximum absolute atomic E-state index is 11.8. The SMILES string of the molecule is C=C(CC)Cn1c(=O)ccn(CC)c1=O. The normalized spacial score (nSPS) is 10.3. The minimum absolute atomic E-state index is 0.264. The third-order valence-corrected chi connectivity index (χ3v) is 2.36. The molecular weight excluding hydrogens is 192 g/mol. The average Bonchev–Trinajstić information content (AvgIpc) is 2.24. The molecule has 82 valence electrons. The molecule has 0 aromatic carbocycles. The third-order valence-electron chi connectivity index (χ3n) is 2.36. The van der Waals surface area contributed by atoms with Crippen molar-refractivity contribution in [3.05, 3.63) is 45.3 Å². The van der Waals surface area contributed by atoms with Gasteiger partial charge in [0.2, 0.25) is 0 Å². The number of aryl methyl sites for hydroxylation is 1. The van der Waals surface area contributed by atoms with Crippen LogP contribution in [0.15, 0.2) is 34.0 Å². The van der Waals surface area contributed by atoms with Crippen LogP contribution in [-0.2, 0) is 13.1 Å². The van der Waals surface area contributed by atoms with Crippen molar-refractivity contribution in [3.63, 3.8) is 0 Å². The zero-order valence-corrected chi connectivity index (χ0v) is 9.19. The van der Waals surface area contributed by atoms with Crippen LogP contribution in [-0.4, -0.2) is 9.13 Å². The van der Waals surface area contributed by atoms with Crippen LogP contribution in [0.4, 0.5) is 0 Å². The summed E-state index contributed by atoms with van der Waals surface area (Å²) in [5.41, 5.74) is 0.349. The number of nitrogens with zero attached hydrogens (tertiary/aromatic N) is 2. The Balaban J connectivity index is 3.22. The summed E-state index contributed by atoms with van der Waals surface area (Å²) in [5.74, 6) is 0. The van der Waals surface area contributed by atoms with Gasteiger partial charge in [-0.25, -0.2) is 4.79 Å². The second-order valence-electron chi connectivity index (χ2n) is 3.41. The smallest absolute Gasteiger partial charge is 0.301 e. The zero-order valence-electron chi connectivity index (χ0n) is 9.19. The van der Waals surface area contributed by atoms with Gasteiger partial charge in [-0.05, 0) is 13.3 Å². The standard InChI is InChI=1S/C11H16N2O2/c1-4-9(3)8-13-10(14)6-7-12(5-2)11(13)15/h6-7H,3-5,8H2,1-2H3. The fourth-order valence-electron chi connectivity index (χ4n) is 1.28. The van der Waals surface area contributed by atoms with Crippen LogP contribution in [0.2, 0.25) is 0 Å². The van der Waals surface area contributed by atoms with Crippen molar-refractivity contribution < 1.29 is 0 Å². The molecule has 1 aromatic rings. The first kappa shape index (κ1) is 11.5. The number of aromatic nitrogens is 2. The van der Waals surface area contributed by atoms with Gasteiger partial charge in [-0.1, -0.05) is 19.1 Å². The first-order valence-corrected chi connectivity index (χ1v) is 5.07. The van der Waals surface area contributed by atoms with Gasteiger partial charge < -0.3 is 4.57 Å². The highest BCUT2D eigenvalue weighted by molar-refractivity contribution is 4.96. The monoisotopic (exact) mass is 208 g/mol. The van der Waals surface area contributed by atoms with E-state index in [1.54, 1.807) is 0 Å². The molecule has 0 aliphatic carbocycles. The van der Waals surface area contributed by atoms with Crippen molar-refractivity contribution in [2.45, 2.75) is 33.4 Å². The molecule has 0 fully saturated rings. The lowest BCUT2D eigenvalue weighted by Gasteiger charge is -2.08. The van der Waals surface area contributed by atoms with Crippen molar-refractivity contribution in [1.82, 2.24) is 9.13 Å². The van der Waals surface area contributed by atoms with Crippen LogP contribution in [0.3, 0.4) is 0 Å². The van der Waals surface area contributed by atoms with Gasteiger partial charge in [-0.3, -0.25) is 9.36 Å². The number of hydrogen-bond donors (Lipinski definition) is 0. The summed E-state index contributed by atoms with van der Waals surface area (Å²) in [5, 5.41) is 0. The van der Waals surface area contributed by atoms with Crippen molar-refractivity contribution in [2.75, 3.05) is 0 Å². The molecule has 0 bridgehead atoms. The topological polar surface area (TPSA) is 44.0 Å². The van der Waals surface area contributed by atoms with Gasteiger partial charge in [-0.15, -0.1) is 0 Å². The lowest BCUT2D eigenvalue weighted by Crippen LogP contribution is -2.39. The Kier molecular flexibility index (Phi) is 3.66. The molecule has 1 heterocycles.